The number of nitrogens with one attached hydrogen (secondary N) is 2. The monoisotopic (exact) mass is 330 g/mol. The summed E-state index contributed by atoms with van der Waals surface area (Å²) in [6, 6.07) is 5.81. The van der Waals surface area contributed by atoms with E-state index >= 15 is 0 Å². The molecule has 0 aliphatic carbocycles. The van der Waals surface area contributed by atoms with Crippen molar-refractivity contribution in [3.63, 3.8) is 0 Å². The molecule has 0 aromatic heterocycles. The third-order valence-corrected chi connectivity index (χ3v) is 5.04. The minimum absolute atomic E-state index is 0.173. The smallest absolute Gasteiger partial charge is 0.241 e. The first kappa shape index (κ1) is 18.0. The Balaban J connectivity index is 2.89. The fourth-order valence-corrected chi connectivity index (χ4v) is 3.45. The van der Waals surface area contributed by atoms with Crippen LogP contribution in [-0.2, 0) is 14.8 Å². The second-order valence-electron chi connectivity index (χ2n) is 4.66. The summed E-state index contributed by atoms with van der Waals surface area (Å²) in [5.74, 6) is 0.417. The molecule has 2 N–H and O–H groups in total. The van der Waals surface area contributed by atoms with Crippen molar-refractivity contribution in [2.75, 3.05) is 18.6 Å². The standard InChI is InChI=1S/C14H22N2O3S2/c1-4-15-14(17)13(9-10-20-3)16-21(18,19)12-7-5-11(2)6-8-12/h5-8,13,16H,4,9-10H2,1-3H3,(H,15,17)/t13-/m0/s1. The van der Waals surface area contributed by atoms with Crippen molar-refractivity contribution < 1.29 is 13.2 Å². The first-order valence-corrected chi connectivity index (χ1v) is 9.64. The van der Waals surface area contributed by atoms with Crippen LogP contribution in [0.4, 0.5) is 0 Å². The average Bonchev–Trinajstić information content (AvgIpc) is 2.44. The maximum Gasteiger partial charge on any atom is 0.241 e. The lowest BCUT2D eigenvalue weighted by molar-refractivity contribution is -0.122. The Kier molecular flexibility index (Phi) is 7.21. The summed E-state index contributed by atoms with van der Waals surface area (Å²) in [7, 11) is -3.69. The Bertz CT molecular complexity index is 556. The van der Waals surface area contributed by atoms with Crippen LogP contribution in [0.3, 0.4) is 0 Å². The Morgan fingerprint density at radius 2 is 1.90 bits per heavy atom. The topological polar surface area (TPSA) is 75.3 Å². The van der Waals surface area contributed by atoms with Crippen molar-refractivity contribution in [3.8, 4) is 0 Å². The number of carbonyl (C=O) groups excluding carboxylic acids is 1. The van der Waals surface area contributed by atoms with Gasteiger partial charge < -0.3 is 5.32 Å². The van der Waals surface area contributed by atoms with E-state index in [-0.39, 0.29) is 10.8 Å². The van der Waals surface area contributed by atoms with Gasteiger partial charge >= 0.3 is 0 Å². The lowest BCUT2D eigenvalue weighted by Gasteiger charge is -2.17. The van der Waals surface area contributed by atoms with Gasteiger partial charge in [-0.1, -0.05) is 17.7 Å². The molecule has 0 heterocycles. The predicted molar refractivity (Wildman–Crippen MR) is 87.0 cm³/mol. The average molecular weight is 330 g/mol. The summed E-state index contributed by atoms with van der Waals surface area (Å²) in [5.41, 5.74) is 0.983. The molecule has 1 amide bonds. The van der Waals surface area contributed by atoms with E-state index < -0.39 is 16.1 Å². The minimum Gasteiger partial charge on any atom is -0.355 e. The summed E-state index contributed by atoms with van der Waals surface area (Å²) < 4.78 is 27.2. The van der Waals surface area contributed by atoms with E-state index in [1.165, 1.54) is 0 Å². The highest BCUT2D eigenvalue weighted by Gasteiger charge is 2.24. The quantitative estimate of drug-likeness (QED) is 0.758. The molecule has 0 bridgehead atoms. The number of amides is 1. The summed E-state index contributed by atoms with van der Waals surface area (Å²) in [5, 5.41) is 2.66. The van der Waals surface area contributed by atoms with Crippen LogP contribution < -0.4 is 10.0 Å². The first-order chi connectivity index (χ1) is 9.90. The van der Waals surface area contributed by atoms with Gasteiger partial charge in [0, 0.05) is 6.54 Å². The first-order valence-electron chi connectivity index (χ1n) is 6.76. The molecule has 0 saturated heterocycles. The van der Waals surface area contributed by atoms with Gasteiger partial charge in [-0.2, -0.15) is 16.5 Å². The van der Waals surface area contributed by atoms with Crippen LogP contribution in [0.5, 0.6) is 0 Å². The second kappa shape index (κ2) is 8.41. The van der Waals surface area contributed by atoms with Crippen LogP contribution in [-0.4, -0.2) is 38.9 Å². The largest absolute Gasteiger partial charge is 0.355 e. The maximum absolute atomic E-state index is 12.3. The minimum atomic E-state index is -3.69. The molecule has 0 fully saturated rings. The third kappa shape index (κ3) is 5.68. The van der Waals surface area contributed by atoms with E-state index in [2.05, 4.69) is 10.0 Å². The molecule has 1 aromatic carbocycles. The maximum atomic E-state index is 12.3. The van der Waals surface area contributed by atoms with E-state index in [0.29, 0.717) is 18.7 Å². The number of benzene rings is 1. The molecular formula is C14H22N2O3S2. The van der Waals surface area contributed by atoms with Crippen molar-refractivity contribution in [1.29, 1.82) is 0 Å². The highest BCUT2D eigenvalue weighted by molar-refractivity contribution is 7.98. The molecule has 0 aliphatic heterocycles. The zero-order valence-electron chi connectivity index (χ0n) is 12.5. The van der Waals surface area contributed by atoms with Crippen LogP contribution in [0.25, 0.3) is 0 Å². The van der Waals surface area contributed by atoms with Gasteiger partial charge in [0.1, 0.15) is 6.04 Å². The zero-order valence-corrected chi connectivity index (χ0v) is 14.2. The van der Waals surface area contributed by atoms with E-state index in [1.807, 2.05) is 13.2 Å². The van der Waals surface area contributed by atoms with E-state index in [9.17, 15) is 13.2 Å². The molecule has 7 heteroatoms. The van der Waals surface area contributed by atoms with E-state index in [4.69, 9.17) is 0 Å². The molecule has 118 valence electrons. The zero-order chi connectivity index (χ0) is 15.9. The van der Waals surface area contributed by atoms with E-state index in [1.54, 1.807) is 43.0 Å². The molecule has 21 heavy (non-hydrogen) atoms. The van der Waals surface area contributed by atoms with Crippen molar-refractivity contribution in [1.82, 2.24) is 10.0 Å². The van der Waals surface area contributed by atoms with Crippen LogP contribution in [0, 0.1) is 6.92 Å². The van der Waals surface area contributed by atoms with Gasteiger partial charge in [-0.05, 0) is 44.4 Å². The molecule has 0 unspecified atom stereocenters. The number of likely N-dealkylation sites (N-methyl/N-ethyl adjacent to an activating group) is 1. The van der Waals surface area contributed by atoms with Gasteiger partial charge in [0.15, 0.2) is 0 Å². The number of hydrogen-bond acceptors (Lipinski definition) is 4. The molecule has 0 aliphatic rings. The number of aryl methyl sites for hydroxylation is 1. The molecule has 0 saturated carbocycles. The second-order valence-corrected chi connectivity index (χ2v) is 7.36. The fraction of sp³-hybridized carbons (Fsp3) is 0.500. The molecule has 1 rings (SSSR count). The summed E-state index contributed by atoms with van der Waals surface area (Å²) in [4.78, 5) is 12.1. The summed E-state index contributed by atoms with van der Waals surface area (Å²) in [6.07, 6.45) is 2.38. The molecule has 1 aromatic rings. The van der Waals surface area contributed by atoms with Crippen LogP contribution in [0.2, 0.25) is 0 Å². The lowest BCUT2D eigenvalue weighted by Crippen LogP contribution is -2.46. The van der Waals surface area contributed by atoms with Crippen molar-refractivity contribution in [3.05, 3.63) is 29.8 Å². The third-order valence-electron chi connectivity index (χ3n) is 2.91. The Labute approximate surface area is 130 Å². The highest BCUT2D eigenvalue weighted by atomic mass is 32.2. The Hall–Kier alpha value is -1.05. The van der Waals surface area contributed by atoms with Gasteiger partial charge in [0.05, 0.1) is 4.90 Å². The SMILES string of the molecule is CCNC(=O)[C@H](CCSC)NS(=O)(=O)c1ccc(C)cc1. The number of carbonyl (C=O) groups is 1. The number of hydrogen-bond donors (Lipinski definition) is 2. The van der Waals surface area contributed by atoms with Crippen molar-refractivity contribution >= 4 is 27.7 Å². The molecule has 1 atom stereocenters. The van der Waals surface area contributed by atoms with Crippen molar-refractivity contribution in [2.24, 2.45) is 0 Å². The summed E-state index contributed by atoms with van der Waals surface area (Å²) >= 11 is 1.57. The highest BCUT2D eigenvalue weighted by Crippen LogP contribution is 2.12. The molecular weight excluding hydrogens is 308 g/mol. The lowest BCUT2D eigenvalue weighted by atomic mass is 10.2. The van der Waals surface area contributed by atoms with Gasteiger partial charge in [-0.15, -0.1) is 0 Å². The fourth-order valence-electron chi connectivity index (χ4n) is 1.75. The Morgan fingerprint density at radius 3 is 2.43 bits per heavy atom. The summed E-state index contributed by atoms with van der Waals surface area (Å²) in [6.45, 7) is 4.17. The number of rotatable bonds is 8. The number of sulfonamides is 1. The van der Waals surface area contributed by atoms with Crippen LogP contribution in [0.1, 0.15) is 18.9 Å². The number of thioether (sulfide) groups is 1. The van der Waals surface area contributed by atoms with Gasteiger partial charge in [0.25, 0.3) is 0 Å². The van der Waals surface area contributed by atoms with Crippen LogP contribution >= 0.6 is 11.8 Å². The van der Waals surface area contributed by atoms with Gasteiger partial charge in [-0.3, -0.25) is 4.79 Å². The molecule has 0 spiro atoms. The Morgan fingerprint density at radius 1 is 1.29 bits per heavy atom. The predicted octanol–water partition coefficient (Wildman–Crippen LogP) is 1.53. The van der Waals surface area contributed by atoms with Crippen LogP contribution in [0.15, 0.2) is 29.2 Å². The molecule has 0 radical (unpaired) electrons. The van der Waals surface area contributed by atoms with Gasteiger partial charge in [-0.25, -0.2) is 8.42 Å². The van der Waals surface area contributed by atoms with Gasteiger partial charge in [0.2, 0.25) is 15.9 Å². The van der Waals surface area contributed by atoms with E-state index in [0.717, 1.165) is 5.56 Å². The van der Waals surface area contributed by atoms with Crippen molar-refractivity contribution in [2.45, 2.75) is 31.2 Å². The molecule has 5 nitrogen and oxygen atoms in total. The normalized spacial score (nSPS) is 12.9.